The van der Waals surface area contributed by atoms with Crippen LogP contribution in [-0.2, 0) is 24.0 Å². The highest BCUT2D eigenvalue weighted by atomic mass is 16.4. The van der Waals surface area contributed by atoms with Crippen molar-refractivity contribution in [1.29, 1.82) is 0 Å². The highest BCUT2D eigenvalue weighted by Crippen LogP contribution is 2.11. The third-order valence-corrected chi connectivity index (χ3v) is 4.82. The van der Waals surface area contributed by atoms with Crippen LogP contribution in [0.4, 0.5) is 0 Å². The smallest absolute Gasteiger partial charge is 0.325 e. The van der Waals surface area contributed by atoms with Crippen molar-refractivity contribution in [1.82, 2.24) is 16.0 Å². The number of hydrogen-bond acceptors (Lipinski definition) is 6. The lowest BCUT2D eigenvalue weighted by atomic mass is 9.96. The summed E-state index contributed by atoms with van der Waals surface area (Å²) >= 11 is 0. The van der Waals surface area contributed by atoms with Gasteiger partial charge in [0.1, 0.15) is 18.1 Å². The maximum atomic E-state index is 12.8. The van der Waals surface area contributed by atoms with Crippen LogP contribution in [0.15, 0.2) is 0 Å². The summed E-state index contributed by atoms with van der Waals surface area (Å²) in [5.74, 6) is -4.93. The predicted molar refractivity (Wildman–Crippen MR) is 108 cm³/mol. The first-order valence-electron chi connectivity index (χ1n) is 9.93. The molecule has 30 heavy (non-hydrogen) atoms. The maximum Gasteiger partial charge on any atom is 0.325 e. The van der Waals surface area contributed by atoms with E-state index in [2.05, 4.69) is 16.0 Å². The Morgan fingerprint density at radius 3 is 1.87 bits per heavy atom. The standard InChI is InChI=1S/C19H34N4O7/c1-6-10(4)15(23-17(27)14(20)9(2)3)18(28)22-12(7-8-13(24)25)16(26)21-11(5)19(29)30/h9-12,14-15H,6-8,20H2,1-5H3,(H,21,26)(H,22,28)(H,23,27)(H,24,25)(H,29,30). The molecule has 0 spiro atoms. The van der Waals surface area contributed by atoms with E-state index in [0.29, 0.717) is 6.42 Å². The number of amides is 3. The van der Waals surface area contributed by atoms with E-state index in [9.17, 15) is 24.0 Å². The Hall–Kier alpha value is -2.69. The van der Waals surface area contributed by atoms with Crippen molar-refractivity contribution in [2.75, 3.05) is 0 Å². The number of carboxylic acids is 2. The molecule has 0 aliphatic carbocycles. The minimum atomic E-state index is -1.28. The summed E-state index contributed by atoms with van der Waals surface area (Å²) < 4.78 is 0. The zero-order valence-corrected chi connectivity index (χ0v) is 18.1. The average Bonchev–Trinajstić information content (AvgIpc) is 2.66. The molecule has 5 unspecified atom stereocenters. The van der Waals surface area contributed by atoms with Crippen LogP contribution in [0.1, 0.15) is 53.9 Å². The Balaban J connectivity index is 5.47. The molecule has 172 valence electrons. The van der Waals surface area contributed by atoms with Crippen LogP contribution in [0, 0.1) is 11.8 Å². The van der Waals surface area contributed by atoms with Gasteiger partial charge in [-0.3, -0.25) is 24.0 Å². The Bertz CT molecular complexity index is 638. The van der Waals surface area contributed by atoms with Gasteiger partial charge in [0.2, 0.25) is 17.7 Å². The van der Waals surface area contributed by atoms with Crippen LogP contribution in [0.25, 0.3) is 0 Å². The summed E-state index contributed by atoms with van der Waals surface area (Å²) in [6.07, 6.45) is -0.123. The lowest BCUT2D eigenvalue weighted by Gasteiger charge is -2.28. The zero-order valence-electron chi connectivity index (χ0n) is 18.1. The Labute approximate surface area is 176 Å². The van der Waals surface area contributed by atoms with Gasteiger partial charge in [-0.05, 0) is 25.2 Å². The number of carboxylic acid groups (broad SMARTS) is 2. The largest absolute Gasteiger partial charge is 0.481 e. The van der Waals surface area contributed by atoms with Crippen molar-refractivity contribution in [2.45, 2.75) is 78.0 Å². The zero-order chi connectivity index (χ0) is 23.6. The normalized spacial score (nSPS) is 16.0. The maximum absolute atomic E-state index is 12.8. The number of nitrogens with one attached hydrogen (secondary N) is 3. The third-order valence-electron chi connectivity index (χ3n) is 4.82. The molecule has 0 heterocycles. The monoisotopic (exact) mass is 430 g/mol. The summed E-state index contributed by atoms with van der Waals surface area (Å²) in [5.41, 5.74) is 5.83. The van der Waals surface area contributed by atoms with Gasteiger partial charge >= 0.3 is 11.9 Å². The Kier molecular flexibility index (Phi) is 11.6. The first kappa shape index (κ1) is 27.3. The lowest BCUT2D eigenvalue weighted by molar-refractivity contribution is -0.142. The van der Waals surface area contributed by atoms with Crippen LogP contribution in [0.3, 0.4) is 0 Å². The van der Waals surface area contributed by atoms with Gasteiger partial charge in [-0.2, -0.15) is 0 Å². The van der Waals surface area contributed by atoms with Gasteiger partial charge in [-0.1, -0.05) is 34.1 Å². The Morgan fingerprint density at radius 2 is 1.43 bits per heavy atom. The van der Waals surface area contributed by atoms with Crippen molar-refractivity contribution >= 4 is 29.7 Å². The van der Waals surface area contributed by atoms with Gasteiger partial charge in [-0.25, -0.2) is 0 Å². The van der Waals surface area contributed by atoms with Crippen LogP contribution >= 0.6 is 0 Å². The molecule has 0 aromatic carbocycles. The highest BCUT2D eigenvalue weighted by Gasteiger charge is 2.32. The van der Waals surface area contributed by atoms with E-state index in [1.54, 1.807) is 20.8 Å². The SMILES string of the molecule is CCC(C)C(NC(=O)C(N)C(C)C)C(=O)NC(CCC(=O)O)C(=O)NC(C)C(=O)O. The topological polar surface area (TPSA) is 188 Å². The number of carbonyl (C=O) groups excluding carboxylic acids is 3. The second-order valence-electron chi connectivity index (χ2n) is 7.70. The fourth-order valence-electron chi connectivity index (χ4n) is 2.43. The number of aliphatic carboxylic acids is 2. The number of nitrogens with two attached hydrogens (primary N) is 1. The van der Waals surface area contributed by atoms with E-state index in [1.165, 1.54) is 6.92 Å². The molecule has 0 rings (SSSR count). The van der Waals surface area contributed by atoms with Crippen molar-refractivity contribution in [3.8, 4) is 0 Å². The van der Waals surface area contributed by atoms with Crippen LogP contribution in [0.5, 0.6) is 0 Å². The summed E-state index contributed by atoms with van der Waals surface area (Å²) in [6.45, 7) is 8.33. The first-order valence-corrected chi connectivity index (χ1v) is 9.93. The van der Waals surface area contributed by atoms with Gasteiger partial charge in [0, 0.05) is 6.42 Å². The number of hydrogen-bond donors (Lipinski definition) is 6. The quantitative estimate of drug-likeness (QED) is 0.224. The van der Waals surface area contributed by atoms with Gasteiger partial charge < -0.3 is 31.9 Å². The predicted octanol–water partition coefficient (Wildman–Crippen LogP) is -0.560. The third kappa shape index (κ3) is 9.21. The van der Waals surface area contributed by atoms with Crippen molar-refractivity contribution < 1.29 is 34.2 Å². The van der Waals surface area contributed by atoms with Crippen LogP contribution in [-0.4, -0.2) is 64.0 Å². The minimum Gasteiger partial charge on any atom is -0.481 e. The molecule has 7 N–H and O–H groups in total. The van der Waals surface area contributed by atoms with E-state index in [4.69, 9.17) is 15.9 Å². The molecule has 5 atom stereocenters. The number of carbonyl (C=O) groups is 5. The Morgan fingerprint density at radius 1 is 0.867 bits per heavy atom. The molecule has 0 saturated carbocycles. The summed E-state index contributed by atoms with van der Waals surface area (Å²) in [6, 6.07) is -4.33. The molecule has 11 heteroatoms. The molecular formula is C19H34N4O7. The van der Waals surface area contributed by atoms with Crippen LogP contribution in [0.2, 0.25) is 0 Å². The van der Waals surface area contributed by atoms with Crippen molar-refractivity contribution in [2.24, 2.45) is 17.6 Å². The molecule has 0 aliphatic heterocycles. The van der Waals surface area contributed by atoms with E-state index in [0.717, 1.165) is 0 Å². The minimum absolute atomic E-state index is 0.155. The van der Waals surface area contributed by atoms with E-state index < -0.39 is 60.2 Å². The highest BCUT2D eigenvalue weighted by molar-refractivity contribution is 5.94. The molecular weight excluding hydrogens is 396 g/mol. The molecule has 11 nitrogen and oxygen atoms in total. The average molecular weight is 431 g/mol. The molecule has 0 aromatic heterocycles. The summed E-state index contributed by atoms with van der Waals surface area (Å²) in [4.78, 5) is 59.4. The molecule has 0 aromatic rings. The molecule has 0 radical (unpaired) electrons. The summed E-state index contributed by atoms with van der Waals surface area (Å²) in [5, 5.41) is 25.1. The molecule has 3 amide bonds. The van der Waals surface area contributed by atoms with E-state index >= 15 is 0 Å². The molecule has 0 aliphatic rings. The van der Waals surface area contributed by atoms with Crippen molar-refractivity contribution in [3.63, 3.8) is 0 Å². The number of rotatable bonds is 13. The van der Waals surface area contributed by atoms with Gasteiger partial charge in [-0.15, -0.1) is 0 Å². The van der Waals surface area contributed by atoms with Crippen molar-refractivity contribution in [3.05, 3.63) is 0 Å². The van der Waals surface area contributed by atoms with Gasteiger partial charge in [0.25, 0.3) is 0 Å². The van der Waals surface area contributed by atoms with E-state index in [1.807, 2.05) is 6.92 Å². The van der Waals surface area contributed by atoms with E-state index in [-0.39, 0.29) is 18.3 Å². The molecule has 0 bridgehead atoms. The molecule has 0 saturated heterocycles. The first-order chi connectivity index (χ1) is 13.8. The fourth-order valence-corrected chi connectivity index (χ4v) is 2.43. The summed E-state index contributed by atoms with van der Waals surface area (Å²) in [7, 11) is 0. The second kappa shape index (κ2) is 12.8. The lowest BCUT2D eigenvalue weighted by Crippen LogP contribution is -2.59. The molecule has 0 fully saturated rings. The van der Waals surface area contributed by atoms with Gasteiger partial charge in [0.15, 0.2) is 0 Å². The second-order valence-corrected chi connectivity index (χ2v) is 7.70. The fraction of sp³-hybridized carbons (Fsp3) is 0.737. The van der Waals surface area contributed by atoms with Crippen LogP contribution < -0.4 is 21.7 Å². The van der Waals surface area contributed by atoms with Gasteiger partial charge in [0.05, 0.1) is 6.04 Å².